The van der Waals surface area contributed by atoms with Crippen LogP contribution in [0.25, 0.3) is 6.08 Å². The zero-order valence-corrected chi connectivity index (χ0v) is 12.6. The molecular weight excluding hydrogens is 290 g/mol. The van der Waals surface area contributed by atoms with Crippen LogP contribution in [0.3, 0.4) is 0 Å². The second kappa shape index (κ2) is 9.00. The molecule has 23 heavy (non-hydrogen) atoms. The Bertz CT molecular complexity index is 706. The van der Waals surface area contributed by atoms with Crippen LogP contribution >= 0.6 is 0 Å². The van der Waals surface area contributed by atoms with E-state index in [2.05, 4.69) is 16.4 Å². The molecule has 116 valence electrons. The van der Waals surface area contributed by atoms with E-state index in [-0.39, 0.29) is 5.91 Å². The molecule has 0 atom stereocenters. The Balaban J connectivity index is 1.95. The summed E-state index contributed by atoms with van der Waals surface area (Å²) >= 11 is 0. The number of aromatic nitrogens is 1. The topological polar surface area (TPSA) is 75.0 Å². The maximum absolute atomic E-state index is 12.0. The highest BCUT2D eigenvalue weighted by atomic mass is 16.5. The van der Waals surface area contributed by atoms with Crippen molar-refractivity contribution in [1.29, 1.82) is 5.26 Å². The van der Waals surface area contributed by atoms with Gasteiger partial charge in [0.15, 0.2) is 11.6 Å². The standard InChI is InChI=1S/C18H17N3O2/c19-12-4-5-14-23-16-9-6-13-20-18(16)21-17(22)11-10-15-7-2-1-3-8-15/h1-3,6-11,13H,4-5,14H2,(H,20,21,22)/b11-10-. The van der Waals surface area contributed by atoms with Gasteiger partial charge in [0.1, 0.15) is 0 Å². The predicted octanol–water partition coefficient (Wildman–Crippen LogP) is 3.42. The molecule has 0 unspecified atom stereocenters. The van der Waals surface area contributed by atoms with E-state index in [1.165, 1.54) is 6.08 Å². The third-order valence-corrected chi connectivity index (χ3v) is 2.93. The predicted molar refractivity (Wildman–Crippen MR) is 88.7 cm³/mol. The number of ether oxygens (including phenoxy) is 1. The monoisotopic (exact) mass is 307 g/mol. The number of nitrogens with zero attached hydrogens (tertiary/aromatic N) is 2. The number of carbonyl (C=O) groups excluding carboxylic acids is 1. The molecule has 2 rings (SSSR count). The first-order valence-corrected chi connectivity index (χ1v) is 7.28. The van der Waals surface area contributed by atoms with Crippen LogP contribution in [0.1, 0.15) is 18.4 Å². The van der Waals surface area contributed by atoms with Crippen LogP contribution in [-0.2, 0) is 4.79 Å². The first-order valence-electron chi connectivity index (χ1n) is 7.28. The minimum Gasteiger partial charge on any atom is -0.490 e. The van der Waals surface area contributed by atoms with Gasteiger partial charge in [0.25, 0.3) is 0 Å². The van der Waals surface area contributed by atoms with Crippen LogP contribution in [0, 0.1) is 11.3 Å². The molecule has 0 aliphatic rings. The first-order chi connectivity index (χ1) is 11.3. The molecule has 0 saturated carbocycles. The number of pyridine rings is 1. The summed E-state index contributed by atoms with van der Waals surface area (Å²) in [6.45, 7) is 0.405. The number of benzene rings is 1. The van der Waals surface area contributed by atoms with Gasteiger partial charge < -0.3 is 10.1 Å². The SMILES string of the molecule is N#CCCCOc1cccnc1NC(=O)/C=C\c1ccccc1. The Kier molecular flexibility index (Phi) is 6.36. The third-order valence-electron chi connectivity index (χ3n) is 2.93. The van der Waals surface area contributed by atoms with Crippen LogP contribution in [0.4, 0.5) is 5.82 Å². The summed E-state index contributed by atoms with van der Waals surface area (Å²) in [5, 5.41) is 11.2. The molecule has 0 saturated heterocycles. The zero-order valence-electron chi connectivity index (χ0n) is 12.6. The lowest BCUT2D eigenvalue weighted by Gasteiger charge is -2.09. The second-order valence-corrected chi connectivity index (χ2v) is 4.69. The molecule has 1 heterocycles. The Hall–Kier alpha value is -3.13. The van der Waals surface area contributed by atoms with E-state index in [4.69, 9.17) is 10.00 Å². The molecule has 0 spiro atoms. The fraction of sp³-hybridized carbons (Fsp3) is 0.167. The average molecular weight is 307 g/mol. The van der Waals surface area contributed by atoms with Crippen LogP contribution in [-0.4, -0.2) is 17.5 Å². The van der Waals surface area contributed by atoms with Gasteiger partial charge in [-0.05, 0) is 30.2 Å². The van der Waals surface area contributed by atoms with Crippen molar-refractivity contribution in [3.63, 3.8) is 0 Å². The van der Waals surface area contributed by atoms with Gasteiger partial charge in [0, 0.05) is 18.7 Å². The number of hydrogen-bond acceptors (Lipinski definition) is 4. The Morgan fingerprint density at radius 3 is 2.87 bits per heavy atom. The fourth-order valence-electron chi connectivity index (χ4n) is 1.83. The van der Waals surface area contributed by atoms with Crippen molar-refractivity contribution in [2.24, 2.45) is 0 Å². The van der Waals surface area contributed by atoms with Gasteiger partial charge in [-0.3, -0.25) is 4.79 Å². The highest BCUT2D eigenvalue weighted by molar-refractivity contribution is 6.02. The quantitative estimate of drug-likeness (QED) is 0.628. The average Bonchev–Trinajstić information content (AvgIpc) is 2.59. The van der Waals surface area contributed by atoms with E-state index < -0.39 is 0 Å². The molecule has 0 aliphatic heterocycles. The number of amides is 1. The maximum Gasteiger partial charge on any atom is 0.249 e. The number of nitrogens with one attached hydrogen (secondary N) is 1. The minimum atomic E-state index is -0.283. The molecule has 0 aliphatic carbocycles. The van der Waals surface area contributed by atoms with Gasteiger partial charge in [-0.1, -0.05) is 30.3 Å². The van der Waals surface area contributed by atoms with Crippen LogP contribution < -0.4 is 10.1 Å². The summed E-state index contributed by atoms with van der Waals surface area (Å²) in [4.78, 5) is 16.1. The number of anilines is 1. The highest BCUT2D eigenvalue weighted by Crippen LogP contribution is 2.21. The summed E-state index contributed by atoms with van der Waals surface area (Å²) in [5.41, 5.74) is 0.941. The molecule has 5 nitrogen and oxygen atoms in total. The smallest absolute Gasteiger partial charge is 0.249 e. The van der Waals surface area contributed by atoms with E-state index in [0.29, 0.717) is 31.0 Å². The molecular formula is C18H17N3O2. The molecule has 0 bridgehead atoms. The summed E-state index contributed by atoms with van der Waals surface area (Å²) in [5.74, 6) is 0.577. The number of nitriles is 1. The third kappa shape index (κ3) is 5.64. The molecule has 1 aromatic carbocycles. The van der Waals surface area contributed by atoms with Crippen LogP contribution in [0.2, 0.25) is 0 Å². The minimum absolute atomic E-state index is 0.283. The van der Waals surface area contributed by atoms with Crippen molar-refractivity contribution in [3.8, 4) is 11.8 Å². The van der Waals surface area contributed by atoms with Crippen molar-refractivity contribution >= 4 is 17.8 Å². The summed E-state index contributed by atoms with van der Waals surface area (Å²) in [6.07, 6.45) is 5.82. The number of rotatable bonds is 7. The van der Waals surface area contributed by atoms with Crippen molar-refractivity contribution in [2.45, 2.75) is 12.8 Å². The largest absolute Gasteiger partial charge is 0.490 e. The molecule has 1 amide bonds. The van der Waals surface area contributed by atoms with Crippen LogP contribution in [0.15, 0.2) is 54.7 Å². The summed E-state index contributed by atoms with van der Waals surface area (Å²) in [7, 11) is 0. The highest BCUT2D eigenvalue weighted by Gasteiger charge is 2.06. The van der Waals surface area contributed by atoms with Gasteiger partial charge in [0.05, 0.1) is 12.7 Å². The molecule has 5 heteroatoms. The molecule has 0 fully saturated rings. The van der Waals surface area contributed by atoms with Crippen LogP contribution in [0.5, 0.6) is 5.75 Å². The van der Waals surface area contributed by atoms with Crippen molar-refractivity contribution in [3.05, 3.63) is 60.3 Å². The second-order valence-electron chi connectivity index (χ2n) is 4.69. The van der Waals surface area contributed by atoms with Gasteiger partial charge in [-0.25, -0.2) is 4.98 Å². The Labute approximate surface area is 135 Å². The number of carbonyl (C=O) groups is 1. The fourth-order valence-corrected chi connectivity index (χ4v) is 1.83. The van der Waals surface area contributed by atoms with Gasteiger partial charge >= 0.3 is 0 Å². The lowest BCUT2D eigenvalue weighted by atomic mass is 10.2. The number of unbranched alkanes of at least 4 members (excludes halogenated alkanes) is 1. The molecule has 1 aromatic heterocycles. The van der Waals surface area contributed by atoms with Gasteiger partial charge in [-0.2, -0.15) is 5.26 Å². The van der Waals surface area contributed by atoms with E-state index in [9.17, 15) is 4.79 Å². The van der Waals surface area contributed by atoms with E-state index in [1.54, 1.807) is 24.4 Å². The van der Waals surface area contributed by atoms with Crippen molar-refractivity contribution in [2.75, 3.05) is 11.9 Å². The van der Waals surface area contributed by atoms with E-state index in [0.717, 1.165) is 5.56 Å². The normalized spacial score (nSPS) is 10.2. The summed E-state index contributed by atoms with van der Waals surface area (Å²) < 4.78 is 5.55. The maximum atomic E-state index is 12.0. The first kappa shape index (κ1) is 16.2. The number of hydrogen-bond donors (Lipinski definition) is 1. The lowest BCUT2D eigenvalue weighted by molar-refractivity contribution is -0.111. The molecule has 1 N–H and O–H groups in total. The Morgan fingerprint density at radius 1 is 1.26 bits per heavy atom. The lowest BCUT2D eigenvalue weighted by Crippen LogP contribution is -2.11. The van der Waals surface area contributed by atoms with Gasteiger partial charge in [0.2, 0.25) is 5.91 Å². The van der Waals surface area contributed by atoms with Crippen molar-refractivity contribution in [1.82, 2.24) is 4.98 Å². The molecule has 2 aromatic rings. The van der Waals surface area contributed by atoms with Crippen molar-refractivity contribution < 1.29 is 9.53 Å². The van der Waals surface area contributed by atoms with Gasteiger partial charge in [-0.15, -0.1) is 0 Å². The molecule has 0 radical (unpaired) electrons. The zero-order chi connectivity index (χ0) is 16.3. The Morgan fingerprint density at radius 2 is 2.09 bits per heavy atom. The summed E-state index contributed by atoms with van der Waals surface area (Å²) in [6, 6.07) is 15.1. The van der Waals surface area contributed by atoms with E-state index >= 15 is 0 Å². The van der Waals surface area contributed by atoms with E-state index in [1.807, 2.05) is 30.3 Å².